The van der Waals surface area contributed by atoms with Crippen LogP contribution in [-0.2, 0) is 16.4 Å². The minimum atomic E-state index is -3.77. The smallest absolute Gasteiger partial charge is 0.240 e. The average Bonchev–Trinajstić information content (AvgIpc) is 3.16. The summed E-state index contributed by atoms with van der Waals surface area (Å²) in [6.45, 7) is 3.85. The highest BCUT2D eigenvalue weighted by atomic mass is 32.2. The number of nitrogens with zero attached hydrogens (tertiary/aromatic N) is 1. The SMILES string of the molecule is CNc1nc2ccc(S(=O)(=O)NC(CC(O)C(N)Cc3ccccc3)C(C)C)cc2s1. The van der Waals surface area contributed by atoms with Gasteiger partial charge in [0.25, 0.3) is 0 Å². The quantitative estimate of drug-likeness (QED) is 0.368. The molecule has 0 amide bonds. The molecule has 0 saturated heterocycles. The fourth-order valence-electron chi connectivity index (χ4n) is 3.36. The molecule has 0 fully saturated rings. The molecule has 168 valence electrons. The third-order valence-corrected chi connectivity index (χ3v) is 7.82. The van der Waals surface area contributed by atoms with Crippen LogP contribution in [0.3, 0.4) is 0 Å². The van der Waals surface area contributed by atoms with E-state index in [0.29, 0.717) is 6.42 Å². The first kappa shape index (κ1) is 23.6. The van der Waals surface area contributed by atoms with Crippen LogP contribution in [0.1, 0.15) is 25.8 Å². The van der Waals surface area contributed by atoms with E-state index >= 15 is 0 Å². The van der Waals surface area contributed by atoms with Crippen LogP contribution in [0.15, 0.2) is 53.4 Å². The fourth-order valence-corrected chi connectivity index (χ4v) is 5.72. The number of benzene rings is 2. The largest absolute Gasteiger partial charge is 0.391 e. The van der Waals surface area contributed by atoms with Crippen molar-refractivity contribution in [3.8, 4) is 0 Å². The van der Waals surface area contributed by atoms with E-state index in [4.69, 9.17) is 5.73 Å². The Hall–Kier alpha value is -2.04. The molecule has 3 aromatic rings. The Morgan fingerprint density at radius 2 is 1.87 bits per heavy atom. The van der Waals surface area contributed by atoms with Crippen molar-refractivity contribution < 1.29 is 13.5 Å². The number of sulfonamides is 1. The maximum absolute atomic E-state index is 13.1. The van der Waals surface area contributed by atoms with Crippen molar-refractivity contribution in [3.63, 3.8) is 0 Å². The van der Waals surface area contributed by atoms with Crippen LogP contribution in [0.5, 0.6) is 0 Å². The zero-order valence-electron chi connectivity index (χ0n) is 17.9. The second-order valence-electron chi connectivity index (χ2n) is 8.03. The maximum atomic E-state index is 13.1. The van der Waals surface area contributed by atoms with Crippen LogP contribution in [0.25, 0.3) is 10.2 Å². The second kappa shape index (κ2) is 10.1. The van der Waals surface area contributed by atoms with Crippen LogP contribution >= 0.6 is 11.3 Å². The van der Waals surface area contributed by atoms with Crippen LogP contribution < -0.4 is 15.8 Å². The summed E-state index contributed by atoms with van der Waals surface area (Å²) < 4.78 is 29.7. The number of thiazole rings is 1. The molecule has 3 rings (SSSR count). The number of hydrogen-bond donors (Lipinski definition) is 4. The van der Waals surface area contributed by atoms with Crippen molar-refractivity contribution in [2.24, 2.45) is 11.7 Å². The first-order valence-corrected chi connectivity index (χ1v) is 12.6. The van der Waals surface area contributed by atoms with Gasteiger partial charge in [-0.3, -0.25) is 0 Å². The second-order valence-corrected chi connectivity index (χ2v) is 10.8. The fraction of sp³-hybridized carbons (Fsp3) is 0.409. The van der Waals surface area contributed by atoms with Crippen molar-refractivity contribution in [3.05, 3.63) is 54.1 Å². The summed E-state index contributed by atoms with van der Waals surface area (Å²) in [7, 11) is -1.99. The van der Waals surface area contributed by atoms with E-state index in [1.54, 1.807) is 25.2 Å². The molecule has 9 heteroatoms. The van der Waals surface area contributed by atoms with Gasteiger partial charge in [-0.05, 0) is 42.5 Å². The van der Waals surface area contributed by atoms with Gasteiger partial charge in [0.1, 0.15) is 0 Å². The molecule has 0 aliphatic heterocycles. The van der Waals surface area contributed by atoms with E-state index in [1.165, 1.54) is 11.3 Å². The predicted molar refractivity (Wildman–Crippen MR) is 127 cm³/mol. The Morgan fingerprint density at radius 3 is 2.52 bits per heavy atom. The van der Waals surface area contributed by atoms with Crippen LogP contribution in [0.4, 0.5) is 5.13 Å². The molecule has 5 N–H and O–H groups in total. The lowest BCUT2D eigenvalue weighted by Crippen LogP contribution is -2.45. The number of aliphatic hydroxyl groups excluding tert-OH is 1. The van der Waals surface area contributed by atoms with Crippen molar-refractivity contribution in [2.75, 3.05) is 12.4 Å². The average molecular weight is 463 g/mol. The molecule has 1 aromatic heterocycles. The summed E-state index contributed by atoms with van der Waals surface area (Å²) >= 11 is 1.40. The number of aliphatic hydroxyl groups is 1. The highest BCUT2D eigenvalue weighted by Crippen LogP contribution is 2.28. The topological polar surface area (TPSA) is 117 Å². The number of aromatic nitrogens is 1. The first-order chi connectivity index (χ1) is 14.7. The van der Waals surface area contributed by atoms with Crippen molar-refractivity contribution in [1.29, 1.82) is 0 Å². The van der Waals surface area contributed by atoms with Crippen molar-refractivity contribution >= 4 is 36.7 Å². The van der Waals surface area contributed by atoms with E-state index < -0.39 is 28.2 Å². The zero-order valence-corrected chi connectivity index (χ0v) is 19.6. The van der Waals surface area contributed by atoms with E-state index in [0.717, 1.165) is 20.9 Å². The summed E-state index contributed by atoms with van der Waals surface area (Å²) in [5.74, 6) is -0.0172. The van der Waals surface area contributed by atoms with Crippen LogP contribution in [-0.4, -0.2) is 43.7 Å². The van der Waals surface area contributed by atoms with Crippen molar-refractivity contribution in [2.45, 2.75) is 49.8 Å². The zero-order chi connectivity index (χ0) is 22.6. The molecule has 0 aliphatic carbocycles. The van der Waals surface area contributed by atoms with E-state index in [1.807, 2.05) is 44.2 Å². The maximum Gasteiger partial charge on any atom is 0.240 e. The van der Waals surface area contributed by atoms with E-state index in [9.17, 15) is 13.5 Å². The lowest BCUT2D eigenvalue weighted by molar-refractivity contribution is 0.117. The van der Waals surface area contributed by atoms with Crippen molar-refractivity contribution in [1.82, 2.24) is 9.71 Å². The normalized spacial score (nSPS) is 15.2. The van der Waals surface area contributed by atoms with Gasteiger partial charge in [0.05, 0.1) is 21.2 Å². The number of nitrogens with one attached hydrogen (secondary N) is 2. The van der Waals surface area contributed by atoms with Gasteiger partial charge in [-0.1, -0.05) is 55.5 Å². The molecular formula is C22H30N4O3S2. The Kier molecular flexibility index (Phi) is 7.66. The van der Waals surface area contributed by atoms with Crippen LogP contribution in [0, 0.1) is 5.92 Å². The van der Waals surface area contributed by atoms with Gasteiger partial charge in [-0.15, -0.1) is 0 Å². The molecule has 7 nitrogen and oxygen atoms in total. The Bertz CT molecular complexity index is 1100. The molecule has 0 aliphatic rings. The van der Waals surface area contributed by atoms with Gasteiger partial charge in [-0.2, -0.15) is 0 Å². The number of rotatable bonds is 10. The summed E-state index contributed by atoms with van der Waals surface area (Å²) in [5.41, 5.74) is 7.99. The van der Waals surface area contributed by atoms with E-state index in [2.05, 4.69) is 15.0 Å². The Morgan fingerprint density at radius 1 is 1.16 bits per heavy atom. The molecule has 31 heavy (non-hydrogen) atoms. The molecule has 0 bridgehead atoms. The lowest BCUT2D eigenvalue weighted by atomic mass is 9.93. The minimum absolute atomic E-state index is 0.0172. The summed E-state index contributed by atoms with van der Waals surface area (Å²) in [4.78, 5) is 4.56. The summed E-state index contributed by atoms with van der Waals surface area (Å²) in [6.07, 6.45) is -0.0787. The molecule has 2 aromatic carbocycles. The number of fused-ring (bicyclic) bond motifs is 1. The number of nitrogens with two attached hydrogens (primary N) is 1. The number of anilines is 1. The highest BCUT2D eigenvalue weighted by Gasteiger charge is 2.27. The highest BCUT2D eigenvalue weighted by molar-refractivity contribution is 7.89. The molecule has 0 saturated carbocycles. The minimum Gasteiger partial charge on any atom is -0.391 e. The lowest BCUT2D eigenvalue weighted by Gasteiger charge is -2.27. The monoisotopic (exact) mass is 462 g/mol. The third kappa shape index (κ3) is 6.02. The molecule has 0 spiro atoms. The first-order valence-electron chi connectivity index (χ1n) is 10.3. The van der Waals surface area contributed by atoms with Gasteiger partial charge in [-0.25, -0.2) is 18.1 Å². The Balaban J connectivity index is 1.72. The molecule has 3 atom stereocenters. The van der Waals surface area contributed by atoms with Gasteiger partial charge < -0.3 is 16.2 Å². The van der Waals surface area contributed by atoms with Gasteiger partial charge in [0.2, 0.25) is 10.0 Å². The molecular weight excluding hydrogens is 432 g/mol. The van der Waals surface area contributed by atoms with Gasteiger partial charge in [0, 0.05) is 19.1 Å². The predicted octanol–water partition coefficient (Wildman–Crippen LogP) is 2.96. The van der Waals surface area contributed by atoms with Gasteiger partial charge >= 0.3 is 0 Å². The standard InChI is InChI=1S/C22H30N4O3S2/c1-14(2)19(13-20(27)17(23)11-15-7-5-4-6-8-15)26-31(28,29)16-9-10-18-21(12-16)30-22(24-3)25-18/h4-10,12,14,17,19-20,26-27H,11,13,23H2,1-3H3,(H,24,25). The Labute approximate surface area is 187 Å². The van der Waals surface area contributed by atoms with Gasteiger partial charge in [0.15, 0.2) is 5.13 Å². The molecule has 3 unspecified atom stereocenters. The van der Waals surface area contributed by atoms with E-state index in [-0.39, 0.29) is 17.2 Å². The molecule has 1 heterocycles. The molecule has 0 radical (unpaired) electrons. The third-order valence-electron chi connectivity index (χ3n) is 5.30. The van der Waals surface area contributed by atoms with Crippen LogP contribution in [0.2, 0.25) is 0 Å². The number of hydrogen-bond acceptors (Lipinski definition) is 7. The summed E-state index contributed by atoms with van der Waals surface area (Å²) in [6, 6.07) is 13.7. The summed E-state index contributed by atoms with van der Waals surface area (Å²) in [5, 5.41) is 14.4.